The first-order valence-electron chi connectivity index (χ1n) is 9.70. The van der Waals surface area contributed by atoms with Crippen LogP contribution >= 0.6 is 24.0 Å². The minimum absolute atomic E-state index is 0. The number of piperidine rings is 1. The topological polar surface area (TPSA) is 89.5 Å². The number of carbonyl (C=O) groups excluding carboxylic acids is 1. The van der Waals surface area contributed by atoms with Crippen molar-refractivity contribution in [3.05, 3.63) is 47.5 Å². The highest BCUT2D eigenvalue weighted by Gasteiger charge is 2.24. The lowest BCUT2D eigenvalue weighted by molar-refractivity contribution is 0.0827. The van der Waals surface area contributed by atoms with Gasteiger partial charge in [0.2, 0.25) is 0 Å². The van der Waals surface area contributed by atoms with E-state index in [0.29, 0.717) is 5.92 Å². The molecule has 0 bridgehead atoms. The Morgan fingerprint density at radius 3 is 2.72 bits per heavy atom. The van der Waals surface area contributed by atoms with Crippen LogP contribution in [0.1, 0.15) is 40.5 Å². The van der Waals surface area contributed by atoms with E-state index in [1.54, 1.807) is 25.3 Å². The first-order valence-corrected chi connectivity index (χ1v) is 9.70. The van der Waals surface area contributed by atoms with E-state index in [1.165, 1.54) is 0 Å². The lowest BCUT2D eigenvalue weighted by atomic mass is 9.96. The zero-order valence-electron chi connectivity index (χ0n) is 17.3. The number of H-pyrrole nitrogens is 1. The molecular weight excluding hydrogens is 481 g/mol. The Bertz CT molecular complexity index is 799. The quantitative estimate of drug-likeness (QED) is 0.365. The smallest absolute Gasteiger partial charge is 0.253 e. The number of nitrogens with one attached hydrogen (secondary N) is 2. The number of hydrogen-bond acceptors (Lipinski definition) is 4. The predicted octanol–water partition coefficient (Wildman–Crippen LogP) is 2.12. The molecule has 8 nitrogen and oxygen atoms in total. The van der Waals surface area contributed by atoms with E-state index >= 15 is 0 Å². The van der Waals surface area contributed by atoms with E-state index in [9.17, 15) is 4.79 Å². The van der Waals surface area contributed by atoms with E-state index in [2.05, 4.69) is 36.5 Å². The van der Waals surface area contributed by atoms with Gasteiger partial charge in [-0.15, -0.1) is 24.0 Å². The second kappa shape index (κ2) is 11.1. The largest absolute Gasteiger partial charge is 0.356 e. The molecule has 2 N–H and O–H groups in total. The zero-order valence-corrected chi connectivity index (χ0v) is 19.6. The maximum absolute atomic E-state index is 12.1. The summed E-state index contributed by atoms with van der Waals surface area (Å²) in [6, 6.07) is 7.82. The van der Waals surface area contributed by atoms with Gasteiger partial charge in [0.25, 0.3) is 5.91 Å². The highest BCUT2D eigenvalue weighted by atomic mass is 127. The summed E-state index contributed by atoms with van der Waals surface area (Å²) in [5.41, 5.74) is 1.86. The number of rotatable bonds is 5. The molecule has 0 atom stereocenters. The van der Waals surface area contributed by atoms with Crippen molar-refractivity contribution in [3.63, 3.8) is 0 Å². The van der Waals surface area contributed by atoms with E-state index in [1.807, 2.05) is 25.2 Å². The molecule has 0 radical (unpaired) electrons. The average molecular weight is 511 g/mol. The number of aromatic nitrogens is 3. The van der Waals surface area contributed by atoms with Gasteiger partial charge < -0.3 is 15.1 Å². The summed E-state index contributed by atoms with van der Waals surface area (Å²) in [6.07, 6.45) is 4.47. The van der Waals surface area contributed by atoms with Crippen molar-refractivity contribution in [2.75, 3.05) is 40.8 Å². The summed E-state index contributed by atoms with van der Waals surface area (Å²) < 4.78 is 0. The average Bonchev–Trinajstić information content (AvgIpc) is 3.26. The van der Waals surface area contributed by atoms with Gasteiger partial charge in [0.1, 0.15) is 12.2 Å². The number of likely N-dealkylation sites (tertiary alicyclic amines) is 1. The number of benzene rings is 1. The molecule has 29 heavy (non-hydrogen) atoms. The van der Waals surface area contributed by atoms with Crippen LogP contribution in [-0.4, -0.2) is 77.6 Å². The van der Waals surface area contributed by atoms with Crippen LogP contribution < -0.4 is 5.32 Å². The molecule has 3 rings (SSSR count). The second-order valence-corrected chi connectivity index (χ2v) is 7.26. The van der Waals surface area contributed by atoms with Crippen LogP contribution in [0.15, 0.2) is 35.6 Å². The fourth-order valence-electron chi connectivity index (χ4n) is 3.55. The summed E-state index contributed by atoms with van der Waals surface area (Å²) in [5.74, 6) is 2.38. The highest BCUT2D eigenvalue weighted by molar-refractivity contribution is 14.0. The number of amides is 1. The monoisotopic (exact) mass is 511 g/mol. The molecule has 1 aliphatic rings. The molecule has 0 unspecified atom stereocenters. The van der Waals surface area contributed by atoms with Gasteiger partial charge in [-0.05, 0) is 37.0 Å². The molecule has 1 aromatic heterocycles. The Labute approximate surface area is 189 Å². The van der Waals surface area contributed by atoms with Gasteiger partial charge in [0.15, 0.2) is 5.96 Å². The third kappa shape index (κ3) is 6.15. The summed E-state index contributed by atoms with van der Waals surface area (Å²) in [4.78, 5) is 24.7. The maximum Gasteiger partial charge on any atom is 0.253 e. The Balaban J connectivity index is 0.00000300. The number of hydrogen-bond donors (Lipinski definition) is 2. The number of guanidine groups is 1. The van der Waals surface area contributed by atoms with Crippen molar-refractivity contribution in [2.24, 2.45) is 4.99 Å². The molecule has 1 aromatic carbocycles. The van der Waals surface area contributed by atoms with Gasteiger partial charge in [0, 0.05) is 52.3 Å². The van der Waals surface area contributed by atoms with Crippen LogP contribution in [0.4, 0.5) is 0 Å². The normalized spacial score (nSPS) is 15.0. The van der Waals surface area contributed by atoms with Gasteiger partial charge in [-0.3, -0.25) is 14.9 Å². The first kappa shape index (κ1) is 23.1. The first-order chi connectivity index (χ1) is 13.6. The van der Waals surface area contributed by atoms with Crippen LogP contribution in [0.2, 0.25) is 0 Å². The second-order valence-electron chi connectivity index (χ2n) is 7.26. The Morgan fingerprint density at radius 1 is 1.34 bits per heavy atom. The Kier molecular flexibility index (Phi) is 8.87. The molecule has 2 heterocycles. The van der Waals surface area contributed by atoms with Crippen molar-refractivity contribution < 1.29 is 4.79 Å². The zero-order chi connectivity index (χ0) is 19.9. The summed E-state index contributed by atoms with van der Waals surface area (Å²) in [5, 5.41) is 10.4. The lowest BCUT2D eigenvalue weighted by Crippen LogP contribution is -2.45. The fourth-order valence-corrected chi connectivity index (χ4v) is 3.55. The highest BCUT2D eigenvalue weighted by Crippen LogP contribution is 2.24. The van der Waals surface area contributed by atoms with Crippen LogP contribution in [0.5, 0.6) is 0 Å². The van der Waals surface area contributed by atoms with Crippen molar-refractivity contribution in [1.82, 2.24) is 30.3 Å². The number of halogens is 1. The van der Waals surface area contributed by atoms with E-state index in [0.717, 1.165) is 61.8 Å². The van der Waals surface area contributed by atoms with Crippen molar-refractivity contribution in [3.8, 4) is 0 Å². The number of aromatic amines is 1. The van der Waals surface area contributed by atoms with Crippen molar-refractivity contribution in [1.29, 1.82) is 0 Å². The Morgan fingerprint density at radius 2 is 2.10 bits per heavy atom. The van der Waals surface area contributed by atoms with Crippen LogP contribution in [0.25, 0.3) is 0 Å². The predicted molar refractivity (Wildman–Crippen MR) is 125 cm³/mol. The van der Waals surface area contributed by atoms with Gasteiger partial charge in [-0.1, -0.05) is 12.1 Å². The summed E-state index contributed by atoms with van der Waals surface area (Å²) in [7, 11) is 5.36. The van der Waals surface area contributed by atoms with E-state index < -0.39 is 0 Å². The Hall–Kier alpha value is -2.17. The van der Waals surface area contributed by atoms with Gasteiger partial charge in [0.05, 0.1) is 0 Å². The fraction of sp³-hybridized carbons (Fsp3) is 0.500. The lowest BCUT2D eigenvalue weighted by Gasteiger charge is -2.33. The number of nitrogens with zero attached hydrogens (tertiary/aromatic N) is 5. The maximum atomic E-state index is 12.1. The van der Waals surface area contributed by atoms with Gasteiger partial charge >= 0.3 is 0 Å². The summed E-state index contributed by atoms with van der Waals surface area (Å²) in [6.45, 7) is 2.66. The molecule has 0 spiro atoms. The molecule has 9 heteroatoms. The molecule has 1 saturated heterocycles. The van der Waals surface area contributed by atoms with Crippen LogP contribution in [-0.2, 0) is 6.42 Å². The number of carbonyl (C=O) groups is 1. The molecule has 0 saturated carbocycles. The molecule has 1 aliphatic heterocycles. The SMILES string of the molecule is CN=C(NCCc1cccc(C(=O)N(C)C)c1)N1CCC(c2ncn[nH]2)CC1.I. The minimum Gasteiger partial charge on any atom is -0.356 e. The molecule has 158 valence electrons. The van der Waals surface area contributed by atoms with Gasteiger partial charge in [-0.2, -0.15) is 5.10 Å². The molecule has 1 fully saturated rings. The number of aliphatic imine (C=N–C) groups is 1. The van der Waals surface area contributed by atoms with Crippen LogP contribution in [0, 0.1) is 0 Å². The molecule has 2 aromatic rings. The third-order valence-corrected chi connectivity index (χ3v) is 5.10. The molecular formula is C20H30IN7O. The van der Waals surface area contributed by atoms with Crippen molar-refractivity contribution in [2.45, 2.75) is 25.2 Å². The van der Waals surface area contributed by atoms with Crippen LogP contribution in [0.3, 0.4) is 0 Å². The minimum atomic E-state index is 0. The van der Waals surface area contributed by atoms with E-state index in [-0.39, 0.29) is 29.9 Å². The summed E-state index contributed by atoms with van der Waals surface area (Å²) >= 11 is 0. The van der Waals surface area contributed by atoms with Gasteiger partial charge in [-0.25, -0.2) is 4.98 Å². The standard InChI is InChI=1S/C20H29N7O.HI/c1-21-20(27-11-8-16(9-12-27)18-23-14-24-25-18)22-10-7-15-5-4-6-17(13-15)19(28)26(2)3;/h4-6,13-14,16H,7-12H2,1-3H3,(H,21,22)(H,23,24,25);1H. The van der Waals surface area contributed by atoms with E-state index in [4.69, 9.17) is 0 Å². The van der Waals surface area contributed by atoms with Crippen molar-refractivity contribution >= 4 is 35.8 Å². The third-order valence-electron chi connectivity index (χ3n) is 5.10. The molecule has 1 amide bonds. The molecule has 0 aliphatic carbocycles.